The minimum absolute atomic E-state index is 0.949. The Morgan fingerprint density at radius 1 is 1.00 bits per heavy atom. The molecule has 0 aromatic heterocycles. The molecule has 1 aliphatic rings. The lowest BCUT2D eigenvalue weighted by atomic mass is 10.0. The van der Waals surface area contributed by atoms with Crippen molar-refractivity contribution in [2.75, 3.05) is 13.1 Å². The average molecular weight is 195 g/mol. The molecular weight excluding hydrogens is 170 g/mol. The van der Waals surface area contributed by atoms with Gasteiger partial charge in [0.15, 0.2) is 0 Å². The smallest absolute Gasteiger partial charge is 0.0208 e. The summed E-state index contributed by atoms with van der Waals surface area (Å²) in [5, 5.41) is 3.27. The topological polar surface area (TPSA) is 12.0 Å². The van der Waals surface area contributed by atoms with E-state index in [1.54, 1.807) is 0 Å². The monoisotopic (exact) mass is 195 g/mol. The van der Waals surface area contributed by atoms with E-state index in [2.05, 4.69) is 18.5 Å². The molecule has 0 fully saturated rings. The summed E-state index contributed by atoms with van der Waals surface area (Å²) < 4.78 is 0. The Morgan fingerprint density at radius 2 is 1.50 bits per heavy atom. The third-order valence-electron chi connectivity index (χ3n) is 1.79. The molecule has 0 aromatic carbocycles. The first-order valence-corrected chi connectivity index (χ1v) is 5.56. The van der Waals surface area contributed by atoms with E-state index in [0.717, 1.165) is 19.5 Å². The lowest BCUT2D eigenvalue weighted by Gasteiger charge is -2.15. The van der Waals surface area contributed by atoms with Crippen LogP contribution in [0.1, 0.15) is 34.1 Å². The molecule has 0 bridgehead atoms. The summed E-state index contributed by atoms with van der Waals surface area (Å²) in [6.45, 7) is 17.5. The molecule has 82 valence electrons. The van der Waals surface area contributed by atoms with E-state index in [1.807, 2.05) is 39.8 Å². The molecule has 1 heteroatoms. The van der Waals surface area contributed by atoms with Gasteiger partial charge in [0.05, 0.1) is 0 Å². The van der Waals surface area contributed by atoms with Gasteiger partial charge in [0.2, 0.25) is 0 Å². The zero-order valence-electron chi connectivity index (χ0n) is 10.2. The van der Waals surface area contributed by atoms with Crippen molar-refractivity contribution in [3.63, 3.8) is 0 Å². The molecule has 1 N–H and O–H groups in total. The van der Waals surface area contributed by atoms with E-state index in [0.29, 0.717) is 0 Å². The standard InChI is InChI=1S/C9H13N.2C2H6/c1-3-8-5-6-10-7-9(8)4-2;2*1-2/h3-4,10H,1-2,5-7H2;2*1-2H3. The quantitative estimate of drug-likeness (QED) is 0.708. The number of nitrogens with one attached hydrogen (secondary N) is 1. The minimum Gasteiger partial charge on any atom is -0.312 e. The van der Waals surface area contributed by atoms with Crippen LogP contribution in [0.2, 0.25) is 0 Å². The third-order valence-corrected chi connectivity index (χ3v) is 1.79. The molecular formula is C13H25N. The summed E-state index contributed by atoms with van der Waals surface area (Å²) in [6.07, 6.45) is 4.92. The Hall–Kier alpha value is -0.820. The van der Waals surface area contributed by atoms with Gasteiger partial charge in [-0.2, -0.15) is 0 Å². The molecule has 1 nitrogen and oxygen atoms in total. The first kappa shape index (κ1) is 15.6. The Labute approximate surface area is 89.6 Å². The van der Waals surface area contributed by atoms with Gasteiger partial charge in [0.1, 0.15) is 0 Å². The fraction of sp³-hybridized carbons (Fsp3) is 0.538. The van der Waals surface area contributed by atoms with E-state index < -0.39 is 0 Å². The summed E-state index contributed by atoms with van der Waals surface area (Å²) in [5.41, 5.74) is 2.63. The zero-order valence-corrected chi connectivity index (χ0v) is 10.2. The highest BCUT2D eigenvalue weighted by molar-refractivity contribution is 5.34. The van der Waals surface area contributed by atoms with Crippen LogP contribution < -0.4 is 5.32 Å². The predicted molar refractivity (Wildman–Crippen MR) is 67.6 cm³/mol. The molecule has 0 amide bonds. The second-order valence-electron chi connectivity index (χ2n) is 2.39. The molecule has 14 heavy (non-hydrogen) atoms. The van der Waals surface area contributed by atoms with Crippen molar-refractivity contribution in [1.29, 1.82) is 0 Å². The van der Waals surface area contributed by atoms with Crippen LogP contribution in [-0.4, -0.2) is 13.1 Å². The zero-order chi connectivity index (χ0) is 11.4. The molecule has 0 aliphatic carbocycles. The van der Waals surface area contributed by atoms with Crippen LogP contribution >= 0.6 is 0 Å². The van der Waals surface area contributed by atoms with Gasteiger partial charge >= 0.3 is 0 Å². The van der Waals surface area contributed by atoms with Gasteiger partial charge in [-0.3, -0.25) is 0 Å². The van der Waals surface area contributed by atoms with Crippen molar-refractivity contribution in [2.24, 2.45) is 0 Å². The number of allylic oxidation sites excluding steroid dienone is 1. The van der Waals surface area contributed by atoms with Gasteiger partial charge < -0.3 is 5.32 Å². The average Bonchev–Trinajstić information content (AvgIpc) is 2.34. The first-order chi connectivity index (χ1) is 6.88. The van der Waals surface area contributed by atoms with Crippen molar-refractivity contribution in [1.82, 2.24) is 5.32 Å². The van der Waals surface area contributed by atoms with E-state index in [9.17, 15) is 0 Å². The Bertz CT molecular complexity index is 158. The van der Waals surface area contributed by atoms with Crippen LogP contribution in [0.25, 0.3) is 0 Å². The van der Waals surface area contributed by atoms with Gasteiger partial charge in [-0.25, -0.2) is 0 Å². The van der Waals surface area contributed by atoms with Crippen molar-refractivity contribution in [3.05, 3.63) is 36.5 Å². The normalized spacial score (nSPS) is 14.3. The molecule has 1 heterocycles. The summed E-state index contributed by atoms with van der Waals surface area (Å²) in [6, 6.07) is 0. The van der Waals surface area contributed by atoms with E-state index >= 15 is 0 Å². The first-order valence-electron chi connectivity index (χ1n) is 5.56. The van der Waals surface area contributed by atoms with Gasteiger partial charge in [0, 0.05) is 6.54 Å². The van der Waals surface area contributed by atoms with Crippen LogP contribution in [0.5, 0.6) is 0 Å². The van der Waals surface area contributed by atoms with E-state index in [1.165, 1.54) is 11.1 Å². The second kappa shape index (κ2) is 12.2. The fourth-order valence-corrected chi connectivity index (χ4v) is 1.16. The predicted octanol–water partition coefficient (Wildman–Crippen LogP) is 3.70. The van der Waals surface area contributed by atoms with Crippen molar-refractivity contribution >= 4 is 0 Å². The Balaban J connectivity index is 0. The lowest BCUT2D eigenvalue weighted by Crippen LogP contribution is -2.23. The molecule has 0 atom stereocenters. The molecule has 0 aromatic rings. The summed E-state index contributed by atoms with van der Waals surface area (Å²) in [5.74, 6) is 0. The van der Waals surface area contributed by atoms with Crippen LogP contribution in [-0.2, 0) is 0 Å². The highest BCUT2D eigenvalue weighted by atomic mass is 14.9. The Morgan fingerprint density at radius 3 is 1.86 bits per heavy atom. The van der Waals surface area contributed by atoms with Crippen molar-refractivity contribution < 1.29 is 0 Å². The highest BCUT2D eigenvalue weighted by Crippen LogP contribution is 2.13. The third kappa shape index (κ3) is 5.76. The Kier molecular flexibility index (Phi) is 13.6. The molecule has 0 saturated carbocycles. The number of hydrogen-bond donors (Lipinski definition) is 1. The highest BCUT2D eigenvalue weighted by Gasteiger charge is 2.05. The van der Waals surface area contributed by atoms with Crippen LogP contribution in [0.3, 0.4) is 0 Å². The van der Waals surface area contributed by atoms with Crippen LogP contribution in [0, 0.1) is 0 Å². The fourth-order valence-electron chi connectivity index (χ4n) is 1.16. The molecule has 1 rings (SSSR count). The molecule has 0 saturated heterocycles. The molecule has 0 radical (unpaired) electrons. The SMILES string of the molecule is C=CC1=C(C=C)CNCC1.CC.CC. The number of hydrogen-bond acceptors (Lipinski definition) is 1. The van der Waals surface area contributed by atoms with E-state index in [4.69, 9.17) is 0 Å². The minimum atomic E-state index is 0.949. The van der Waals surface area contributed by atoms with E-state index in [-0.39, 0.29) is 0 Å². The van der Waals surface area contributed by atoms with Gasteiger partial charge in [-0.1, -0.05) is 53.0 Å². The molecule has 1 aliphatic heterocycles. The maximum absolute atomic E-state index is 3.75. The van der Waals surface area contributed by atoms with Gasteiger partial charge in [0.25, 0.3) is 0 Å². The maximum atomic E-state index is 3.75. The maximum Gasteiger partial charge on any atom is 0.0208 e. The number of rotatable bonds is 2. The second-order valence-corrected chi connectivity index (χ2v) is 2.39. The van der Waals surface area contributed by atoms with Crippen molar-refractivity contribution in [2.45, 2.75) is 34.1 Å². The van der Waals surface area contributed by atoms with Gasteiger partial charge in [-0.05, 0) is 24.1 Å². The summed E-state index contributed by atoms with van der Waals surface area (Å²) in [4.78, 5) is 0. The van der Waals surface area contributed by atoms with Crippen LogP contribution in [0.4, 0.5) is 0 Å². The largest absolute Gasteiger partial charge is 0.312 e. The van der Waals surface area contributed by atoms with Crippen molar-refractivity contribution in [3.8, 4) is 0 Å². The lowest BCUT2D eigenvalue weighted by molar-refractivity contribution is 0.696. The summed E-state index contributed by atoms with van der Waals surface area (Å²) >= 11 is 0. The van der Waals surface area contributed by atoms with Crippen LogP contribution in [0.15, 0.2) is 36.5 Å². The van der Waals surface area contributed by atoms with Gasteiger partial charge in [-0.15, -0.1) is 0 Å². The summed E-state index contributed by atoms with van der Waals surface area (Å²) in [7, 11) is 0. The molecule has 0 unspecified atom stereocenters. The molecule has 0 spiro atoms.